The van der Waals surface area contributed by atoms with E-state index in [1.54, 1.807) is 0 Å². The predicted octanol–water partition coefficient (Wildman–Crippen LogP) is 4.44. The van der Waals surface area contributed by atoms with Gasteiger partial charge in [-0.05, 0) is 62.9 Å². The van der Waals surface area contributed by atoms with Crippen LogP contribution in [0.3, 0.4) is 0 Å². The van der Waals surface area contributed by atoms with Crippen molar-refractivity contribution in [2.24, 2.45) is 5.92 Å². The van der Waals surface area contributed by atoms with Crippen LogP contribution in [-0.4, -0.2) is 60.6 Å². The molecule has 2 aromatic rings. The number of amides is 1. The number of ether oxygens (including phenoxy) is 2. The van der Waals surface area contributed by atoms with Crippen LogP contribution < -0.4 is 4.74 Å². The fraction of sp³-hybridized carbons (Fsp3) is 0.480. The van der Waals surface area contributed by atoms with Gasteiger partial charge in [-0.15, -0.1) is 0 Å². The largest absolute Gasteiger partial charge is 0.457 e. The van der Waals surface area contributed by atoms with Gasteiger partial charge in [0.1, 0.15) is 11.5 Å². The number of likely N-dealkylation sites (tertiary alicyclic amines) is 1. The summed E-state index contributed by atoms with van der Waals surface area (Å²) in [5.41, 5.74) is 0.692. The first-order valence-electron chi connectivity index (χ1n) is 11.1. The number of hydrogen-bond donors (Lipinski definition) is 0. The highest BCUT2D eigenvalue weighted by molar-refractivity contribution is 5.94. The van der Waals surface area contributed by atoms with Crippen molar-refractivity contribution >= 4 is 5.91 Å². The molecule has 0 radical (unpaired) electrons. The molecule has 5 nitrogen and oxygen atoms in total. The number of hydrogen-bond acceptors (Lipinski definition) is 4. The molecular weight excluding hydrogens is 376 g/mol. The molecule has 2 aliphatic heterocycles. The van der Waals surface area contributed by atoms with E-state index in [0.717, 1.165) is 51.3 Å². The molecule has 2 heterocycles. The number of carbonyl (C=O) groups is 1. The second kappa shape index (κ2) is 9.63. The molecule has 2 aliphatic rings. The highest BCUT2D eigenvalue weighted by Gasteiger charge is 2.28. The molecule has 30 heavy (non-hydrogen) atoms. The summed E-state index contributed by atoms with van der Waals surface area (Å²) >= 11 is 0. The summed E-state index contributed by atoms with van der Waals surface area (Å²) in [5.74, 6) is 2.21. The Bertz CT molecular complexity index is 823. The van der Waals surface area contributed by atoms with Gasteiger partial charge in [0.15, 0.2) is 0 Å². The zero-order chi connectivity index (χ0) is 20.9. The lowest BCUT2D eigenvalue weighted by Crippen LogP contribution is -2.48. The SMILES string of the molecule is CC1CN(CC2CCN(C(=O)c3cccc(Oc4ccccc4)c3)CC2)CC(C)O1. The van der Waals surface area contributed by atoms with E-state index in [2.05, 4.69) is 18.7 Å². The van der Waals surface area contributed by atoms with Crippen molar-refractivity contribution < 1.29 is 14.3 Å². The lowest BCUT2D eigenvalue weighted by Gasteiger charge is -2.39. The van der Waals surface area contributed by atoms with Crippen molar-refractivity contribution in [3.05, 3.63) is 60.2 Å². The van der Waals surface area contributed by atoms with E-state index in [9.17, 15) is 4.79 Å². The molecule has 0 N–H and O–H groups in total. The van der Waals surface area contributed by atoms with Crippen LogP contribution in [0.4, 0.5) is 0 Å². The van der Waals surface area contributed by atoms with Gasteiger partial charge in [-0.25, -0.2) is 0 Å². The summed E-state index contributed by atoms with van der Waals surface area (Å²) in [7, 11) is 0. The van der Waals surface area contributed by atoms with Gasteiger partial charge in [0.25, 0.3) is 5.91 Å². The highest BCUT2D eigenvalue weighted by Crippen LogP contribution is 2.25. The molecule has 4 rings (SSSR count). The van der Waals surface area contributed by atoms with Crippen molar-refractivity contribution in [3.8, 4) is 11.5 Å². The number of nitrogens with zero attached hydrogens (tertiary/aromatic N) is 2. The maximum absolute atomic E-state index is 13.0. The third-order valence-corrected chi connectivity index (χ3v) is 5.97. The van der Waals surface area contributed by atoms with Crippen LogP contribution >= 0.6 is 0 Å². The fourth-order valence-corrected chi connectivity index (χ4v) is 4.62. The Morgan fingerprint density at radius 2 is 1.63 bits per heavy atom. The number of para-hydroxylation sites is 1. The van der Waals surface area contributed by atoms with Crippen molar-refractivity contribution in [2.75, 3.05) is 32.7 Å². The topological polar surface area (TPSA) is 42.0 Å². The first-order chi connectivity index (χ1) is 14.6. The summed E-state index contributed by atoms with van der Waals surface area (Å²) in [5, 5.41) is 0. The van der Waals surface area contributed by atoms with E-state index in [1.165, 1.54) is 0 Å². The summed E-state index contributed by atoms with van der Waals surface area (Å²) in [4.78, 5) is 17.6. The molecule has 5 heteroatoms. The van der Waals surface area contributed by atoms with E-state index in [0.29, 0.717) is 29.4 Å². The molecule has 2 fully saturated rings. The molecule has 0 spiro atoms. The molecule has 2 saturated heterocycles. The Kier molecular flexibility index (Phi) is 6.70. The number of rotatable bonds is 5. The maximum atomic E-state index is 13.0. The normalized spacial score (nSPS) is 23.3. The predicted molar refractivity (Wildman–Crippen MR) is 118 cm³/mol. The zero-order valence-electron chi connectivity index (χ0n) is 18.0. The zero-order valence-corrected chi connectivity index (χ0v) is 18.0. The number of benzene rings is 2. The molecule has 1 amide bonds. The van der Waals surface area contributed by atoms with Crippen molar-refractivity contribution in [1.29, 1.82) is 0 Å². The van der Waals surface area contributed by atoms with Crippen LogP contribution in [0.25, 0.3) is 0 Å². The van der Waals surface area contributed by atoms with E-state index >= 15 is 0 Å². The van der Waals surface area contributed by atoms with Crippen LogP contribution in [0.15, 0.2) is 54.6 Å². The van der Waals surface area contributed by atoms with Crippen molar-refractivity contribution in [2.45, 2.75) is 38.9 Å². The Balaban J connectivity index is 1.30. The van der Waals surface area contributed by atoms with E-state index in [4.69, 9.17) is 9.47 Å². The van der Waals surface area contributed by atoms with Gasteiger partial charge in [0.2, 0.25) is 0 Å². The quantitative estimate of drug-likeness (QED) is 0.734. The highest BCUT2D eigenvalue weighted by atomic mass is 16.5. The molecule has 2 atom stereocenters. The molecule has 2 unspecified atom stereocenters. The minimum Gasteiger partial charge on any atom is -0.457 e. The third-order valence-electron chi connectivity index (χ3n) is 5.97. The molecule has 0 saturated carbocycles. The van der Waals surface area contributed by atoms with E-state index in [1.807, 2.05) is 59.5 Å². The molecule has 0 bridgehead atoms. The minimum atomic E-state index is 0.0978. The number of piperidine rings is 1. The summed E-state index contributed by atoms with van der Waals surface area (Å²) < 4.78 is 11.7. The van der Waals surface area contributed by atoms with Crippen LogP contribution in [0.1, 0.15) is 37.0 Å². The average molecular weight is 409 g/mol. The first kappa shape index (κ1) is 20.9. The van der Waals surface area contributed by atoms with E-state index in [-0.39, 0.29) is 5.91 Å². The van der Waals surface area contributed by atoms with Gasteiger partial charge >= 0.3 is 0 Å². The average Bonchev–Trinajstić information content (AvgIpc) is 2.74. The van der Waals surface area contributed by atoms with Gasteiger partial charge in [-0.2, -0.15) is 0 Å². The molecule has 160 valence electrons. The summed E-state index contributed by atoms with van der Waals surface area (Å²) in [6, 6.07) is 17.2. The van der Waals surface area contributed by atoms with Crippen LogP contribution in [0.5, 0.6) is 11.5 Å². The second-order valence-corrected chi connectivity index (χ2v) is 8.65. The minimum absolute atomic E-state index is 0.0978. The van der Waals surface area contributed by atoms with Gasteiger partial charge in [0.05, 0.1) is 12.2 Å². The van der Waals surface area contributed by atoms with Crippen LogP contribution in [0, 0.1) is 5.92 Å². The first-order valence-corrected chi connectivity index (χ1v) is 11.1. The van der Waals surface area contributed by atoms with Gasteiger partial charge in [-0.3, -0.25) is 9.69 Å². The number of carbonyl (C=O) groups excluding carboxylic acids is 1. The molecule has 0 aromatic heterocycles. The monoisotopic (exact) mass is 408 g/mol. The Morgan fingerprint density at radius 3 is 2.33 bits per heavy atom. The lowest BCUT2D eigenvalue weighted by atomic mass is 9.95. The molecule has 0 aliphatic carbocycles. The lowest BCUT2D eigenvalue weighted by molar-refractivity contribution is -0.0728. The molecule has 2 aromatic carbocycles. The summed E-state index contributed by atoms with van der Waals surface area (Å²) in [6.07, 6.45) is 2.74. The maximum Gasteiger partial charge on any atom is 0.253 e. The Hall–Kier alpha value is -2.37. The van der Waals surface area contributed by atoms with Crippen molar-refractivity contribution in [1.82, 2.24) is 9.80 Å². The van der Waals surface area contributed by atoms with Gasteiger partial charge < -0.3 is 14.4 Å². The third kappa shape index (κ3) is 5.41. The Labute approximate surface area is 179 Å². The summed E-state index contributed by atoms with van der Waals surface area (Å²) in [6.45, 7) is 9.08. The Morgan fingerprint density at radius 1 is 0.967 bits per heavy atom. The standard InChI is InChI=1S/C25H32N2O3/c1-19-16-26(17-20(2)29-19)18-21-11-13-27(14-12-21)25(28)22-7-6-10-24(15-22)30-23-8-4-3-5-9-23/h3-10,15,19-21H,11-14,16-18H2,1-2H3. The smallest absolute Gasteiger partial charge is 0.253 e. The van der Waals surface area contributed by atoms with Gasteiger partial charge in [0, 0.05) is 38.3 Å². The van der Waals surface area contributed by atoms with Crippen LogP contribution in [0.2, 0.25) is 0 Å². The van der Waals surface area contributed by atoms with Crippen molar-refractivity contribution in [3.63, 3.8) is 0 Å². The fourth-order valence-electron chi connectivity index (χ4n) is 4.62. The van der Waals surface area contributed by atoms with E-state index < -0.39 is 0 Å². The molecular formula is C25H32N2O3. The van der Waals surface area contributed by atoms with Gasteiger partial charge in [-0.1, -0.05) is 24.3 Å². The number of morpholine rings is 1. The second-order valence-electron chi connectivity index (χ2n) is 8.65. The van der Waals surface area contributed by atoms with Crippen LogP contribution in [-0.2, 0) is 4.74 Å².